The van der Waals surface area contributed by atoms with Gasteiger partial charge in [0.05, 0.1) is 0 Å². The molecule has 1 N–H and O–H groups in total. The Kier molecular flexibility index (Phi) is 7.83. The first-order valence-electron chi connectivity index (χ1n) is 7.53. The number of hydrogen-bond acceptors (Lipinski definition) is 3. The zero-order valence-electron chi connectivity index (χ0n) is 13.6. The highest BCUT2D eigenvalue weighted by molar-refractivity contribution is 5.77. The number of ether oxygens (including phenoxy) is 2. The SMILES string of the molecule is Cc1ccc(C)c(OCC(=O)NCCCOCC(C)C)c1. The Morgan fingerprint density at radius 3 is 2.76 bits per heavy atom. The molecule has 0 radical (unpaired) electrons. The molecule has 0 spiro atoms. The molecule has 0 fully saturated rings. The van der Waals surface area contributed by atoms with E-state index in [9.17, 15) is 4.79 Å². The quantitative estimate of drug-likeness (QED) is 0.712. The van der Waals surface area contributed by atoms with Crippen LogP contribution in [0.2, 0.25) is 0 Å². The third-order valence-corrected chi connectivity index (χ3v) is 2.94. The molecule has 1 aromatic rings. The minimum atomic E-state index is -0.0974. The van der Waals surface area contributed by atoms with Crippen molar-refractivity contribution in [3.8, 4) is 5.75 Å². The van der Waals surface area contributed by atoms with Gasteiger partial charge in [0, 0.05) is 19.8 Å². The average molecular weight is 293 g/mol. The molecule has 4 nitrogen and oxygen atoms in total. The van der Waals surface area contributed by atoms with Gasteiger partial charge in [-0.05, 0) is 43.4 Å². The smallest absolute Gasteiger partial charge is 0.257 e. The number of hydrogen-bond donors (Lipinski definition) is 1. The van der Waals surface area contributed by atoms with Gasteiger partial charge in [-0.3, -0.25) is 4.79 Å². The van der Waals surface area contributed by atoms with Crippen molar-refractivity contribution in [2.45, 2.75) is 34.1 Å². The Morgan fingerprint density at radius 2 is 2.05 bits per heavy atom. The Labute approximate surface area is 127 Å². The first kappa shape index (κ1) is 17.5. The van der Waals surface area contributed by atoms with Crippen molar-refractivity contribution in [1.29, 1.82) is 0 Å². The molecule has 0 bridgehead atoms. The lowest BCUT2D eigenvalue weighted by Crippen LogP contribution is -2.30. The molecule has 118 valence electrons. The molecule has 4 heteroatoms. The van der Waals surface area contributed by atoms with Gasteiger partial charge < -0.3 is 14.8 Å². The van der Waals surface area contributed by atoms with Crippen LogP contribution in [0.25, 0.3) is 0 Å². The van der Waals surface area contributed by atoms with Crippen LogP contribution in [0.5, 0.6) is 5.75 Å². The minimum absolute atomic E-state index is 0.0527. The van der Waals surface area contributed by atoms with Crippen molar-refractivity contribution in [3.05, 3.63) is 29.3 Å². The van der Waals surface area contributed by atoms with Crippen LogP contribution in [0.3, 0.4) is 0 Å². The molecule has 0 aliphatic carbocycles. The number of rotatable bonds is 9. The lowest BCUT2D eigenvalue weighted by Gasteiger charge is -2.10. The monoisotopic (exact) mass is 293 g/mol. The van der Waals surface area contributed by atoms with Gasteiger partial charge in [-0.25, -0.2) is 0 Å². The van der Waals surface area contributed by atoms with Gasteiger partial charge in [-0.2, -0.15) is 0 Å². The lowest BCUT2D eigenvalue weighted by atomic mass is 10.1. The van der Waals surface area contributed by atoms with Gasteiger partial charge in [0.1, 0.15) is 5.75 Å². The van der Waals surface area contributed by atoms with Crippen molar-refractivity contribution in [3.63, 3.8) is 0 Å². The second-order valence-electron chi connectivity index (χ2n) is 5.73. The van der Waals surface area contributed by atoms with Crippen LogP contribution in [0.15, 0.2) is 18.2 Å². The van der Waals surface area contributed by atoms with Crippen LogP contribution in [-0.2, 0) is 9.53 Å². The number of benzene rings is 1. The summed E-state index contributed by atoms with van der Waals surface area (Å²) >= 11 is 0. The summed E-state index contributed by atoms with van der Waals surface area (Å²) in [6.07, 6.45) is 0.821. The Hall–Kier alpha value is -1.55. The van der Waals surface area contributed by atoms with E-state index < -0.39 is 0 Å². The molecule has 1 amide bonds. The van der Waals surface area contributed by atoms with E-state index in [-0.39, 0.29) is 12.5 Å². The molecule has 0 aromatic heterocycles. The molecule has 0 unspecified atom stereocenters. The van der Waals surface area contributed by atoms with Gasteiger partial charge in [-0.1, -0.05) is 26.0 Å². The Balaban J connectivity index is 2.15. The van der Waals surface area contributed by atoms with Crippen LogP contribution >= 0.6 is 0 Å². The molecular formula is C17H27NO3. The minimum Gasteiger partial charge on any atom is -0.483 e. The first-order valence-corrected chi connectivity index (χ1v) is 7.53. The number of aryl methyl sites for hydroxylation is 2. The summed E-state index contributed by atoms with van der Waals surface area (Å²) in [4.78, 5) is 11.7. The van der Waals surface area contributed by atoms with E-state index in [0.717, 1.165) is 29.9 Å². The summed E-state index contributed by atoms with van der Waals surface area (Å²) < 4.78 is 11.0. The van der Waals surface area contributed by atoms with Crippen LogP contribution in [0.1, 0.15) is 31.4 Å². The maximum absolute atomic E-state index is 11.7. The van der Waals surface area contributed by atoms with E-state index in [0.29, 0.717) is 19.1 Å². The predicted molar refractivity (Wildman–Crippen MR) is 84.7 cm³/mol. The zero-order chi connectivity index (χ0) is 15.7. The highest BCUT2D eigenvalue weighted by Crippen LogP contribution is 2.18. The second-order valence-corrected chi connectivity index (χ2v) is 5.73. The highest BCUT2D eigenvalue weighted by atomic mass is 16.5. The number of nitrogens with one attached hydrogen (secondary N) is 1. The van der Waals surface area contributed by atoms with Gasteiger partial charge in [-0.15, -0.1) is 0 Å². The van der Waals surface area contributed by atoms with Crippen LogP contribution < -0.4 is 10.1 Å². The van der Waals surface area contributed by atoms with E-state index in [1.54, 1.807) is 0 Å². The van der Waals surface area contributed by atoms with Crippen LogP contribution in [0.4, 0.5) is 0 Å². The molecule has 0 heterocycles. The number of carbonyl (C=O) groups is 1. The standard InChI is InChI=1S/C17H27NO3/c1-13(2)11-20-9-5-8-18-17(19)12-21-16-10-14(3)6-7-15(16)4/h6-7,10,13H,5,8-9,11-12H2,1-4H3,(H,18,19). The van der Waals surface area contributed by atoms with Crippen LogP contribution in [0, 0.1) is 19.8 Å². The molecule has 1 rings (SSSR count). The summed E-state index contributed by atoms with van der Waals surface area (Å²) in [6, 6.07) is 5.97. The maximum Gasteiger partial charge on any atom is 0.257 e. The fraction of sp³-hybridized carbons (Fsp3) is 0.588. The topological polar surface area (TPSA) is 47.6 Å². The maximum atomic E-state index is 11.7. The zero-order valence-corrected chi connectivity index (χ0v) is 13.6. The fourth-order valence-corrected chi connectivity index (χ4v) is 1.78. The van der Waals surface area contributed by atoms with Crippen LogP contribution in [-0.4, -0.2) is 32.3 Å². The summed E-state index contributed by atoms with van der Waals surface area (Å²) in [5.74, 6) is 1.22. The normalized spacial score (nSPS) is 10.7. The van der Waals surface area contributed by atoms with Gasteiger partial charge >= 0.3 is 0 Å². The molecule has 0 atom stereocenters. The lowest BCUT2D eigenvalue weighted by molar-refractivity contribution is -0.123. The van der Waals surface area contributed by atoms with Crippen molar-refractivity contribution in [2.24, 2.45) is 5.92 Å². The van der Waals surface area contributed by atoms with E-state index in [1.807, 2.05) is 32.0 Å². The third-order valence-electron chi connectivity index (χ3n) is 2.94. The molecule has 1 aromatic carbocycles. The highest BCUT2D eigenvalue weighted by Gasteiger charge is 2.04. The molecular weight excluding hydrogens is 266 g/mol. The third kappa shape index (κ3) is 7.71. The largest absolute Gasteiger partial charge is 0.483 e. The molecule has 0 aliphatic heterocycles. The van der Waals surface area contributed by atoms with Gasteiger partial charge in [0.15, 0.2) is 6.61 Å². The summed E-state index contributed by atoms with van der Waals surface area (Å²) in [5.41, 5.74) is 2.16. The van der Waals surface area contributed by atoms with Crippen molar-refractivity contribution >= 4 is 5.91 Å². The fourth-order valence-electron chi connectivity index (χ4n) is 1.78. The number of carbonyl (C=O) groups excluding carboxylic acids is 1. The van der Waals surface area contributed by atoms with E-state index in [4.69, 9.17) is 9.47 Å². The van der Waals surface area contributed by atoms with Gasteiger partial charge in [0.2, 0.25) is 0 Å². The Bertz CT molecular complexity index is 444. The number of amides is 1. The van der Waals surface area contributed by atoms with E-state index in [2.05, 4.69) is 19.2 Å². The predicted octanol–water partition coefficient (Wildman–Crippen LogP) is 2.86. The summed E-state index contributed by atoms with van der Waals surface area (Å²) in [6.45, 7) is 10.3. The molecule has 0 saturated carbocycles. The summed E-state index contributed by atoms with van der Waals surface area (Å²) in [5, 5.41) is 2.83. The van der Waals surface area contributed by atoms with Crippen molar-refractivity contribution < 1.29 is 14.3 Å². The molecule has 0 saturated heterocycles. The average Bonchev–Trinajstić information content (AvgIpc) is 2.43. The van der Waals surface area contributed by atoms with E-state index in [1.165, 1.54) is 0 Å². The molecule has 21 heavy (non-hydrogen) atoms. The van der Waals surface area contributed by atoms with Crippen molar-refractivity contribution in [1.82, 2.24) is 5.32 Å². The van der Waals surface area contributed by atoms with E-state index >= 15 is 0 Å². The second kappa shape index (κ2) is 9.40. The summed E-state index contributed by atoms with van der Waals surface area (Å²) in [7, 11) is 0. The Morgan fingerprint density at radius 1 is 1.29 bits per heavy atom. The molecule has 0 aliphatic rings. The van der Waals surface area contributed by atoms with Gasteiger partial charge in [0.25, 0.3) is 5.91 Å². The van der Waals surface area contributed by atoms with Crippen molar-refractivity contribution in [2.75, 3.05) is 26.4 Å². The first-order chi connectivity index (χ1) is 9.99.